The van der Waals surface area contributed by atoms with Crippen molar-refractivity contribution in [2.24, 2.45) is 40.9 Å². The highest BCUT2D eigenvalue weighted by atomic mass is 16.6. The molecule has 13 heteroatoms. The third kappa shape index (κ3) is 10.8. The summed E-state index contributed by atoms with van der Waals surface area (Å²) in [5.41, 5.74) is 0.245. The van der Waals surface area contributed by atoms with Crippen LogP contribution in [0.2, 0.25) is 0 Å². The maximum Gasteiger partial charge on any atom is 0.310 e. The van der Waals surface area contributed by atoms with Crippen molar-refractivity contribution in [3.8, 4) is 0 Å². The molecule has 0 saturated heterocycles. The van der Waals surface area contributed by atoms with Crippen LogP contribution in [-0.4, -0.2) is 81.7 Å². The summed E-state index contributed by atoms with van der Waals surface area (Å²) in [6.45, 7) is 4.93. The van der Waals surface area contributed by atoms with E-state index in [1.165, 1.54) is 12.8 Å². The van der Waals surface area contributed by atoms with E-state index in [9.17, 15) is 39.5 Å². The van der Waals surface area contributed by atoms with Crippen LogP contribution in [0.4, 0.5) is 0 Å². The minimum absolute atomic E-state index is 0.0819. The first-order valence-corrected chi connectivity index (χ1v) is 22.1. The molecule has 6 rings (SSSR count). The third-order valence-electron chi connectivity index (χ3n) is 15.2. The van der Waals surface area contributed by atoms with Crippen LogP contribution in [0, 0.1) is 51.0 Å². The second-order valence-corrected chi connectivity index (χ2v) is 18.9. The van der Waals surface area contributed by atoms with E-state index in [4.69, 9.17) is 18.9 Å². The van der Waals surface area contributed by atoms with E-state index in [2.05, 4.69) is 13.8 Å². The molecule has 6 fully saturated rings. The standard InChI is InChI=1S/C43H67NO12/c1-43(2,26-7-12-29(13-8-26)53-31-16-20-33(21-17-31)55-41(49)37-6-4-3-5-35(37)39(45)46)27-9-14-30(15-10-27)54-32-18-22-34(23-19-32)56-42(50)38-25-28(44(51)52)11-24-36(38)40(47)48/h26-38H,3-25H2,1-2H3,(H,45,46)(H,47,48). The van der Waals surface area contributed by atoms with Crippen LogP contribution in [0.1, 0.15) is 162 Å². The monoisotopic (exact) mass is 789 g/mol. The van der Waals surface area contributed by atoms with Crippen molar-refractivity contribution < 1.29 is 53.3 Å². The van der Waals surface area contributed by atoms with Crippen molar-refractivity contribution in [3.05, 3.63) is 10.1 Å². The number of carboxylic acids is 2. The first kappa shape index (κ1) is 42.8. The topological polar surface area (TPSA) is 189 Å². The van der Waals surface area contributed by atoms with E-state index in [0.717, 1.165) is 89.9 Å². The van der Waals surface area contributed by atoms with E-state index >= 15 is 0 Å². The number of carbonyl (C=O) groups excluding carboxylic acids is 2. The van der Waals surface area contributed by atoms with Crippen LogP contribution in [0.25, 0.3) is 0 Å². The molecule has 0 spiro atoms. The van der Waals surface area contributed by atoms with Gasteiger partial charge in [-0.2, -0.15) is 0 Å². The third-order valence-corrected chi connectivity index (χ3v) is 15.2. The molecule has 13 nitrogen and oxygen atoms in total. The molecule has 0 aliphatic heterocycles. The van der Waals surface area contributed by atoms with Crippen LogP contribution < -0.4 is 0 Å². The van der Waals surface area contributed by atoms with Gasteiger partial charge in [-0.05, 0) is 139 Å². The highest BCUT2D eigenvalue weighted by Gasteiger charge is 2.46. The molecule has 6 aliphatic rings. The summed E-state index contributed by atoms with van der Waals surface area (Å²) in [4.78, 5) is 60.2. The summed E-state index contributed by atoms with van der Waals surface area (Å²) < 4.78 is 24.8. The lowest BCUT2D eigenvalue weighted by molar-refractivity contribution is -0.528. The number of aliphatic carboxylic acids is 2. The zero-order valence-electron chi connectivity index (χ0n) is 33.7. The Morgan fingerprint density at radius 2 is 0.857 bits per heavy atom. The lowest BCUT2D eigenvalue weighted by Gasteiger charge is -2.47. The Morgan fingerprint density at radius 1 is 0.500 bits per heavy atom. The van der Waals surface area contributed by atoms with E-state index in [1.807, 2.05) is 0 Å². The lowest BCUT2D eigenvalue weighted by atomic mass is 9.60. The van der Waals surface area contributed by atoms with Gasteiger partial charge in [-0.15, -0.1) is 0 Å². The van der Waals surface area contributed by atoms with Gasteiger partial charge in [-0.3, -0.25) is 29.3 Å². The Hall–Kier alpha value is -2.80. The van der Waals surface area contributed by atoms with Crippen LogP contribution in [0.5, 0.6) is 0 Å². The number of carbonyl (C=O) groups is 4. The molecule has 0 aromatic rings. The summed E-state index contributed by atoms with van der Waals surface area (Å²) in [7, 11) is 0. The summed E-state index contributed by atoms with van der Waals surface area (Å²) in [5, 5.41) is 30.5. The van der Waals surface area contributed by atoms with Crippen molar-refractivity contribution in [3.63, 3.8) is 0 Å². The van der Waals surface area contributed by atoms with Gasteiger partial charge in [0, 0.05) is 17.8 Å². The predicted molar refractivity (Wildman–Crippen MR) is 204 cm³/mol. The number of ether oxygens (including phenoxy) is 4. The smallest absolute Gasteiger partial charge is 0.310 e. The Morgan fingerprint density at radius 3 is 1.27 bits per heavy atom. The van der Waals surface area contributed by atoms with Gasteiger partial charge >= 0.3 is 23.9 Å². The van der Waals surface area contributed by atoms with Crippen molar-refractivity contribution in [2.45, 2.75) is 204 Å². The fourth-order valence-corrected chi connectivity index (χ4v) is 11.4. The van der Waals surface area contributed by atoms with Crippen LogP contribution in [0.15, 0.2) is 0 Å². The quantitative estimate of drug-likeness (QED) is 0.104. The SMILES string of the molecule is CC(C)(C1CCC(OC2CCC(OC(=O)C3CCCCC3C(=O)O)CC2)CC1)C1CCC(OC2CCC(OC(=O)C3CC([N+](=O)[O-])CCC3C(=O)O)CC2)CC1. The summed E-state index contributed by atoms with van der Waals surface area (Å²) >= 11 is 0. The van der Waals surface area contributed by atoms with Crippen LogP contribution in [-0.2, 0) is 38.1 Å². The normalized spacial score (nSPS) is 38.5. The molecule has 56 heavy (non-hydrogen) atoms. The van der Waals surface area contributed by atoms with Crippen molar-refractivity contribution in [2.75, 3.05) is 0 Å². The van der Waals surface area contributed by atoms with Crippen LogP contribution in [0.3, 0.4) is 0 Å². The molecule has 0 amide bonds. The summed E-state index contributed by atoms with van der Waals surface area (Å²) in [6, 6.07) is -0.905. The molecule has 6 saturated carbocycles. The van der Waals surface area contributed by atoms with Gasteiger partial charge < -0.3 is 29.2 Å². The van der Waals surface area contributed by atoms with Crippen molar-refractivity contribution in [1.82, 2.24) is 0 Å². The molecule has 5 unspecified atom stereocenters. The molecule has 5 atom stereocenters. The van der Waals surface area contributed by atoms with E-state index in [-0.39, 0.29) is 67.3 Å². The highest BCUT2D eigenvalue weighted by molar-refractivity contribution is 5.82. The van der Waals surface area contributed by atoms with Gasteiger partial charge in [0.15, 0.2) is 0 Å². The number of nitrogens with zero attached hydrogens (tertiary/aromatic N) is 1. The molecule has 0 aromatic carbocycles. The fraction of sp³-hybridized carbons (Fsp3) is 0.907. The van der Waals surface area contributed by atoms with Crippen molar-refractivity contribution in [1.29, 1.82) is 0 Å². The van der Waals surface area contributed by atoms with Gasteiger partial charge in [0.1, 0.15) is 12.2 Å². The molecule has 316 valence electrons. The molecule has 0 heterocycles. The van der Waals surface area contributed by atoms with Gasteiger partial charge in [0.25, 0.3) is 0 Å². The maximum atomic E-state index is 13.0. The Kier molecular flexibility index (Phi) is 14.8. The number of rotatable bonds is 13. The first-order chi connectivity index (χ1) is 26.8. The molecular weight excluding hydrogens is 722 g/mol. The first-order valence-electron chi connectivity index (χ1n) is 22.1. The molecule has 6 aliphatic carbocycles. The molecule has 0 radical (unpaired) electrons. The largest absolute Gasteiger partial charge is 0.481 e. The Bertz CT molecular complexity index is 1350. The van der Waals surface area contributed by atoms with E-state index < -0.39 is 52.5 Å². The summed E-state index contributed by atoms with van der Waals surface area (Å²) in [6.07, 6.45) is 18.6. The minimum atomic E-state index is -1.09. The molecule has 2 N–H and O–H groups in total. The van der Waals surface area contributed by atoms with Crippen LogP contribution >= 0.6 is 0 Å². The van der Waals surface area contributed by atoms with Gasteiger partial charge in [-0.25, -0.2) is 0 Å². The number of hydrogen-bond donors (Lipinski definition) is 2. The Balaban J connectivity index is 0.850. The summed E-state index contributed by atoms with van der Waals surface area (Å²) in [5.74, 6) is -4.63. The van der Waals surface area contributed by atoms with Gasteiger partial charge in [0.05, 0.1) is 48.1 Å². The number of nitro groups is 1. The zero-order valence-corrected chi connectivity index (χ0v) is 33.7. The van der Waals surface area contributed by atoms with Crippen molar-refractivity contribution >= 4 is 23.9 Å². The highest BCUT2D eigenvalue weighted by Crippen LogP contribution is 2.49. The van der Waals surface area contributed by atoms with Gasteiger partial charge in [0.2, 0.25) is 6.04 Å². The predicted octanol–water partition coefficient (Wildman–Crippen LogP) is 7.91. The molecular formula is C43H67NO12. The number of esters is 2. The average Bonchev–Trinajstić information content (AvgIpc) is 3.19. The maximum absolute atomic E-state index is 13.0. The average molecular weight is 790 g/mol. The second-order valence-electron chi connectivity index (χ2n) is 18.9. The molecule has 0 bridgehead atoms. The molecule has 0 aromatic heterocycles. The second kappa shape index (κ2) is 19.3. The van der Waals surface area contributed by atoms with E-state index in [0.29, 0.717) is 37.5 Å². The fourth-order valence-electron chi connectivity index (χ4n) is 11.4. The lowest BCUT2D eigenvalue weighted by Crippen LogP contribution is -2.42. The Labute approximate surface area is 331 Å². The number of hydrogen-bond acceptors (Lipinski definition) is 10. The zero-order chi connectivity index (χ0) is 40.0. The number of carboxylic acid groups (broad SMARTS) is 2. The minimum Gasteiger partial charge on any atom is -0.481 e. The van der Waals surface area contributed by atoms with Gasteiger partial charge in [-0.1, -0.05) is 26.7 Å². The van der Waals surface area contributed by atoms with E-state index in [1.54, 1.807) is 0 Å².